The number of benzene rings is 2. The maximum Gasteiger partial charge on any atom is 0.250 e. The number of nitrogens with one attached hydrogen (secondary N) is 2. The molecule has 7 nitrogen and oxygen atoms in total. The van der Waals surface area contributed by atoms with E-state index in [1.807, 2.05) is 12.1 Å². The topological polar surface area (TPSA) is 89.3 Å². The van der Waals surface area contributed by atoms with Crippen LogP contribution in [0.5, 0.6) is 5.75 Å². The van der Waals surface area contributed by atoms with Gasteiger partial charge in [0.15, 0.2) is 15.6 Å². The van der Waals surface area contributed by atoms with E-state index in [-0.39, 0.29) is 29.3 Å². The molecule has 2 aromatic carbocycles. The minimum atomic E-state index is -1.14. The fourth-order valence-electron chi connectivity index (χ4n) is 3.11. The van der Waals surface area contributed by atoms with E-state index in [0.29, 0.717) is 23.0 Å². The first kappa shape index (κ1) is 21.8. The molecule has 2 N–H and O–H groups in total. The number of hydrogen-bond donors (Lipinski definition) is 2. The standard InChI is InChI=1S/C20H18Cl2FN4O3Si/c21-13-3-1-12(2-4-13)19-25-26-20(30-19)17-7-8-31(11-24-17)27-18(28)10-29-14-5-6-15(22)16(23)9-14/h1-6,9,17,24H,7-8,10-11H2,(H,27,28)/t17-/m1/s1. The summed E-state index contributed by atoms with van der Waals surface area (Å²) in [5, 5.41) is 12.3. The van der Waals surface area contributed by atoms with E-state index in [9.17, 15) is 9.18 Å². The van der Waals surface area contributed by atoms with Crippen molar-refractivity contribution in [2.75, 3.05) is 12.8 Å². The van der Waals surface area contributed by atoms with E-state index >= 15 is 0 Å². The van der Waals surface area contributed by atoms with Crippen molar-refractivity contribution in [2.45, 2.75) is 18.5 Å². The molecule has 0 aliphatic carbocycles. The minimum absolute atomic E-state index is 0.00611. The van der Waals surface area contributed by atoms with Crippen molar-refractivity contribution in [1.29, 1.82) is 0 Å². The number of halogens is 3. The third-order valence-corrected chi connectivity index (χ3v) is 7.42. The molecule has 31 heavy (non-hydrogen) atoms. The molecular formula is C20H18Cl2FN4O3Si. The zero-order valence-electron chi connectivity index (χ0n) is 16.2. The van der Waals surface area contributed by atoms with Crippen LogP contribution in [-0.4, -0.2) is 37.8 Å². The number of carbonyl (C=O) groups excluding carboxylic acids is 1. The fraction of sp³-hybridized carbons (Fsp3) is 0.250. The summed E-state index contributed by atoms with van der Waals surface area (Å²) in [6.07, 6.45) is 1.41. The van der Waals surface area contributed by atoms with Gasteiger partial charge in [-0.3, -0.25) is 4.79 Å². The largest absolute Gasteiger partial charge is 0.484 e. The highest BCUT2D eigenvalue weighted by molar-refractivity contribution is 6.59. The summed E-state index contributed by atoms with van der Waals surface area (Å²) in [5.41, 5.74) is 0.802. The molecule has 3 aromatic rings. The van der Waals surface area contributed by atoms with Gasteiger partial charge in [-0.15, -0.1) is 10.2 Å². The van der Waals surface area contributed by atoms with E-state index in [1.165, 1.54) is 12.1 Å². The van der Waals surface area contributed by atoms with Gasteiger partial charge in [0.25, 0.3) is 0 Å². The highest BCUT2D eigenvalue weighted by Gasteiger charge is 2.28. The first-order chi connectivity index (χ1) is 15.0. The Morgan fingerprint density at radius 2 is 2.06 bits per heavy atom. The molecule has 161 valence electrons. The Bertz CT molecular complexity index is 1060. The first-order valence-electron chi connectivity index (χ1n) is 9.53. The van der Waals surface area contributed by atoms with Crippen molar-refractivity contribution < 1.29 is 18.3 Å². The molecule has 1 aliphatic heterocycles. The van der Waals surface area contributed by atoms with Crippen molar-refractivity contribution in [3.8, 4) is 17.2 Å². The highest BCUT2D eigenvalue weighted by atomic mass is 35.5. The van der Waals surface area contributed by atoms with E-state index in [0.717, 1.165) is 24.1 Å². The van der Waals surface area contributed by atoms with Crippen molar-refractivity contribution in [3.05, 3.63) is 64.2 Å². The lowest BCUT2D eigenvalue weighted by Crippen LogP contribution is -2.51. The summed E-state index contributed by atoms with van der Waals surface area (Å²) in [7, 11) is -1.14. The van der Waals surface area contributed by atoms with Crippen LogP contribution in [0.4, 0.5) is 4.39 Å². The maximum atomic E-state index is 13.4. The first-order valence-corrected chi connectivity index (χ1v) is 12.2. The van der Waals surface area contributed by atoms with Crippen LogP contribution in [0, 0.1) is 5.82 Å². The average Bonchev–Trinajstić information content (AvgIpc) is 3.26. The Morgan fingerprint density at radius 1 is 1.26 bits per heavy atom. The van der Waals surface area contributed by atoms with E-state index < -0.39 is 14.8 Å². The Kier molecular flexibility index (Phi) is 6.86. The SMILES string of the molecule is O=C(COc1ccc(Cl)c(F)c1)N[Si]1CC[C@H](c2nnc(-c3ccc(Cl)cc3)o2)NC1. The van der Waals surface area contributed by atoms with Gasteiger partial charge >= 0.3 is 0 Å². The molecule has 1 radical (unpaired) electrons. The van der Waals surface area contributed by atoms with Crippen molar-refractivity contribution in [1.82, 2.24) is 20.5 Å². The molecule has 1 atom stereocenters. The second kappa shape index (κ2) is 9.78. The number of aromatic nitrogens is 2. The summed E-state index contributed by atoms with van der Waals surface area (Å²) in [4.78, 5) is 15.2. The summed E-state index contributed by atoms with van der Waals surface area (Å²) in [6, 6.07) is 12.0. The number of amides is 1. The molecular weight excluding hydrogens is 462 g/mol. The summed E-state index contributed by atoms with van der Waals surface area (Å²) in [5.74, 6) is 0.379. The van der Waals surface area contributed by atoms with Crippen LogP contribution in [0.1, 0.15) is 18.4 Å². The van der Waals surface area contributed by atoms with Gasteiger partial charge in [0.05, 0.1) is 11.1 Å². The van der Waals surface area contributed by atoms with Gasteiger partial charge < -0.3 is 19.5 Å². The number of rotatable bonds is 6. The van der Waals surface area contributed by atoms with Crippen molar-refractivity contribution >= 4 is 38.1 Å². The van der Waals surface area contributed by atoms with Crippen LogP contribution >= 0.6 is 23.2 Å². The Morgan fingerprint density at radius 3 is 2.77 bits per heavy atom. The predicted molar refractivity (Wildman–Crippen MR) is 116 cm³/mol. The van der Waals surface area contributed by atoms with Crippen LogP contribution in [0.3, 0.4) is 0 Å². The molecule has 0 unspecified atom stereocenters. The average molecular weight is 480 g/mol. The Labute approximate surface area is 189 Å². The van der Waals surface area contributed by atoms with E-state index in [4.69, 9.17) is 32.4 Å². The monoisotopic (exact) mass is 479 g/mol. The summed E-state index contributed by atoms with van der Waals surface area (Å²) < 4.78 is 24.6. The lowest BCUT2D eigenvalue weighted by atomic mass is 10.2. The molecule has 11 heteroatoms. The number of hydrogen-bond acceptors (Lipinski definition) is 6. The minimum Gasteiger partial charge on any atom is -0.484 e. The summed E-state index contributed by atoms with van der Waals surface area (Å²) in [6.45, 7) is -0.188. The van der Waals surface area contributed by atoms with Crippen LogP contribution < -0.4 is 15.0 Å². The van der Waals surface area contributed by atoms with Gasteiger partial charge in [0.2, 0.25) is 17.7 Å². The van der Waals surface area contributed by atoms with Crippen LogP contribution in [0.2, 0.25) is 16.1 Å². The van der Waals surface area contributed by atoms with Crippen molar-refractivity contribution in [2.24, 2.45) is 0 Å². The summed E-state index contributed by atoms with van der Waals surface area (Å²) >= 11 is 11.5. The second-order valence-electron chi connectivity index (χ2n) is 6.94. The molecule has 1 aliphatic rings. The molecule has 0 spiro atoms. The number of nitrogens with zero attached hydrogens (tertiary/aromatic N) is 2. The molecule has 1 amide bonds. The van der Waals surface area contributed by atoms with Gasteiger partial charge in [-0.25, -0.2) is 4.39 Å². The quantitative estimate of drug-likeness (QED) is 0.520. The van der Waals surface area contributed by atoms with Gasteiger partial charge in [0.1, 0.15) is 11.6 Å². The molecule has 1 saturated heterocycles. The van der Waals surface area contributed by atoms with E-state index in [2.05, 4.69) is 20.5 Å². The lowest BCUT2D eigenvalue weighted by molar-refractivity contribution is -0.121. The molecule has 0 saturated carbocycles. The lowest BCUT2D eigenvalue weighted by Gasteiger charge is -2.26. The van der Waals surface area contributed by atoms with Gasteiger partial charge in [0, 0.05) is 22.8 Å². The van der Waals surface area contributed by atoms with Crippen LogP contribution in [0.25, 0.3) is 11.5 Å². The zero-order chi connectivity index (χ0) is 21.8. The molecule has 4 rings (SSSR count). The second-order valence-corrected chi connectivity index (χ2v) is 10.1. The van der Waals surface area contributed by atoms with Crippen LogP contribution in [-0.2, 0) is 4.79 Å². The fourth-order valence-corrected chi connectivity index (χ4v) is 5.34. The van der Waals surface area contributed by atoms with Gasteiger partial charge in [-0.05, 0) is 48.9 Å². The zero-order valence-corrected chi connectivity index (χ0v) is 18.7. The molecule has 1 aromatic heterocycles. The third-order valence-electron chi connectivity index (χ3n) is 4.70. The third kappa shape index (κ3) is 5.62. The maximum absolute atomic E-state index is 13.4. The van der Waals surface area contributed by atoms with Gasteiger partial charge in [-0.1, -0.05) is 23.2 Å². The number of carbonyl (C=O) groups is 1. The Hall–Kier alpha value is -2.46. The smallest absolute Gasteiger partial charge is 0.250 e. The number of ether oxygens (including phenoxy) is 1. The van der Waals surface area contributed by atoms with Gasteiger partial charge in [-0.2, -0.15) is 0 Å². The predicted octanol–water partition coefficient (Wildman–Crippen LogP) is 3.94. The Balaban J connectivity index is 1.24. The van der Waals surface area contributed by atoms with Crippen LogP contribution in [0.15, 0.2) is 46.9 Å². The van der Waals surface area contributed by atoms with E-state index in [1.54, 1.807) is 12.1 Å². The normalized spacial score (nSPS) is 16.8. The molecule has 1 fully saturated rings. The highest BCUT2D eigenvalue weighted by Crippen LogP contribution is 2.26. The molecule has 2 heterocycles. The van der Waals surface area contributed by atoms with Crippen molar-refractivity contribution in [3.63, 3.8) is 0 Å². The molecule has 0 bridgehead atoms.